The lowest BCUT2D eigenvalue weighted by atomic mass is 9.80. The molecule has 0 unspecified atom stereocenters. The van der Waals surface area contributed by atoms with Crippen molar-refractivity contribution in [3.63, 3.8) is 0 Å². The van der Waals surface area contributed by atoms with Gasteiger partial charge in [-0.3, -0.25) is 24.0 Å². The number of aliphatic hydroxyl groups excluding tert-OH is 1. The molecule has 1 saturated carbocycles. The quantitative estimate of drug-likeness (QED) is 0.0633. The number of ketones is 3. The van der Waals surface area contributed by atoms with E-state index in [0.717, 1.165) is 16.0 Å². The number of amides is 3. The summed E-state index contributed by atoms with van der Waals surface area (Å²) in [5.41, 5.74) is 8.94. The number of rotatable bonds is 15. The summed E-state index contributed by atoms with van der Waals surface area (Å²) in [6, 6.07) is -2.20. The van der Waals surface area contributed by atoms with Gasteiger partial charge in [0, 0.05) is 102 Å². The Hall–Kier alpha value is -5.59. The third-order valence-corrected chi connectivity index (χ3v) is 16.8. The molecule has 3 fully saturated rings. The molecule has 4 heterocycles. The second-order valence-electron chi connectivity index (χ2n) is 23.4. The first-order valence-electron chi connectivity index (χ1n) is 29.8. The summed E-state index contributed by atoms with van der Waals surface area (Å²) in [4.78, 5) is 106. The summed E-state index contributed by atoms with van der Waals surface area (Å²) in [6.45, 7) is 13.0. The Kier molecular flexibility index (Phi) is 27.9. The second-order valence-corrected chi connectivity index (χ2v) is 23.4. The third kappa shape index (κ3) is 20.3. The number of carbonyl (C=O) groups excluding carboxylic acids is 7. The van der Waals surface area contributed by atoms with Crippen molar-refractivity contribution in [1.82, 2.24) is 25.5 Å². The number of methoxy groups -OCH3 is 3. The Balaban J connectivity index is 1.31. The van der Waals surface area contributed by atoms with Crippen LogP contribution in [-0.2, 0) is 68.5 Å². The molecule has 3 aliphatic heterocycles. The van der Waals surface area contributed by atoms with Gasteiger partial charge in [-0.15, -0.1) is 0 Å². The number of ether oxygens (including phenoxy) is 7. The van der Waals surface area contributed by atoms with Crippen LogP contribution in [0.25, 0.3) is 0 Å². The van der Waals surface area contributed by atoms with Gasteiger partial charge in [0.1, 0.15) is 42.1 Å². The van der Waals surface area contributed by atoms with E-state index in [9.17, 15) is 43.8 Å². The van der Waals surface area contributed by atoms with Gasteiger partial charge >= 0.3 is 12.1 Å². The number of aromatic nitrogens is 2. The highest BCUT2D eigenvalue weighted by atomic mass is 16.6. The number of nitrogens with zero attached hydrogens (tertiary/aromatic N) is 3. The minimum absolute atomic E-state index is 0.0147. The fraction of sp³-hybridized carbons (Fsp3) is 0.694. The zero-order valence-electron chi connectivity index (χ0n) is 51.0. The molecule has 0 aromatic carbocycles. The fourth-order valence-electron chi connectivity index (χ4n) is 11.5. The summed E-state index contributed by atoms with van der Waals surface area (Å²) in [7, 11) is 4.42. The van der Waals surface area contributed by atoms with E-state index >= 15 is 0 Å². The van der Waals surface area contributed by atoms with Crippen molar-refractivity contribution in [3.8, 4) is 0 Å². The summed E-state index contributed by atoms with van der Waals surface area (Å²) in [6.07, 6.45) is 11.6. The largest absolute Gasteiger partial charge is 0.459 e. The van der Waals surface area contributed by atoms with Crippen LogP contribution in [0.2, 0.25) is 0 Å². The van der Waals surface area contributed by atoms with Crippen LogP contribution in [0.4, 0.5) is 4.79 Å². The highest BCUT2D eigenvalue weighted by molar-refractivity contribution is 6.39. The number of hydrogen-bond donors (Lipinski definition) is 5. The number of fused-ring (bicyclic) bond motifs is 3. The van der Waals surface area contributed by atoms with Crippen LogP contribution < -0.4 is 16.4 Å². The van der Waals surface area contributed by atoms with Crippen LogP contribution in [0.3, 0.4) is 0 Å². The van der Waals surface area contributed by atoms with Gasteiger partial charge in [-0.2, -0.15) is 0 Å². The molecule has 1 aliphatic carbocycles. The minimum Gasteiger partial charge on any atom is -0.459 e. The minimum atomic E-state index is -2.49. The molecule has 0 radical (unpaired) electrons. The first-order chi connectivity index (χ1) is 40.0. The lowest BCUT2D eigenvalue weighted by Gasteiger charge is -2.42. The summed E-state index contributed by atoms with van der Waals surface area (Å²) in [5, 5.41) is 29.1. The Morgan fingerprint density at radius 2 is 1.60 bits per heavy atom. The van der Waals surface area contributed by atoms with E-state index in [0.29, 0.717) is 69.3 Å². The van der Waals surface area contributed by atoms with E-state index < -0.39 is 108 Å². The van der Waals surface area contributed by atoms with Crippen LogP contribution in [-0.4, -0.2) is 175 Å². The summed E-state index contributed by atoms with van der Waals surface area (Å²) < 4.78 is 41.0. The maximum Gasteiger partial charge on any atom is 0.407 e. The third-order valence-electron chi connectivity index (χ3n) is 16.8. The van der Waals surface area contributed by atoms with Crippen LogP contribution in [0.1, 0.15) is 136 Å². The lowest BCUT2D eigenvalue weighted by molar-refractivity contribution is -0.265. The van der Waals surface area contributed by atoms with E-state index in [1.54, 1.807) is 60.2 Å². The van der Waals surface area contributed by atoms with Crippen molar-refractivity contribution in [2.45, 2.75) is 199 Å². The number of carbonyl (C=O) groups is 7. The number of allylic oxidation sites excluding steroid dienone is 6. The number of Topliss-reactive ketones (excluding diaryl/α,β-unsaturated/α-hetero) is 3. The SMILES string of the molecule is CO[C@H]1C[C@@H]2CC[C@@H](C)[C@@](O)(O2)C(=O)C(=O)N2CCCC[C@H]2C(=O)O[C@H]([C@H](N)C[C@@H]2CC[C@@H](OC(=O)NCCOCCC(=O)NCc3cnc(C)nc3)[C@H](OC)C2)CC(=O)[C@H](C)/C=C(\C)[C@@H](O)[C@@H](OC)C(=O)[C@H](C)C[C@H](C)/C=C/C=CC=C1C. The lowest BCUT2D eigenvalue weighted by Crippen LogP contribution is -2.61. The molecule has 22 nitrogen and oxygen atoms in total. The molecule has 84 heavy (non-hydrogen) atoms. The molecule has 1 aromatic heterocycles. The molecule has 15 atom stereocenters. The van der Waals surface area contributed by atoms with Crippen molar-refractivity contribution in [2.75, 3.05) is 47.6 Å². The van der Waals surface area contributed by atoms with Crippen molar-refractivity contribution in [1.29, 1.82) is 0 Å². The standard InChI is InChI=1S/C62H94N6O16/c1-37-16-12-11-13-17-38(2)51(78-8)32-46-21-19-42(6)62(77,84-46)58(73)59(74)68-25-15-14-18-48(68)60(75)82-52(33-49(69)39(3)29-41(5)56(72)57(80-10)55(71)40(4)28-37)47(63)30-44-20-22-50(53(31-44)79-9)83-61(76)64-24-27-81-26-23-54(70)67-36-45-34-65-43(7)66-35-45/h11-13,16-17,29,34-35,37,39-40,42,44,46-48,50-53,56-57,72,77H,14-15,18-28,30-33,36,63H2,1-10H3,(H,64,76)(H,67,70)/b13-11?,16-12+,38-17?,41-29+/t37-,39-,40-,42-,44+,46+,47-,48+,50-,51+,52+,53-,56-,57+,62-/m1/s1. The molecule has 2 bridgehead atoms. The van der Waals surface area contributed by atoms with Crippen LogP contribution in [0, 0.1) is 36.5 Å². The highest BCUT2D eigenvalue weighted by Gasteiger charge is 2.53. The van der Waals surface area contributed by atoms with Crippen molar-refractivity contribution in [2.24, 2.45) is 35.3 Å². The van der Waals surface area contributed by atoms with Crippen LogP contribution in [0.5, 0.6) is 0 Å². The van der Waals surface area contributed by atoms with E-state index in [1.165, 1.54) is 14.2 Å². The monoisotopic (exact) mass is 1180 g/mol. The first kappa shape index (κ1) is 69.2. The molecular weight excluding hydrogens is 1080 g/mol. The smallest absolute Gasteiger partial charge is 0.407 e. The normalized spacial score (nSPS) is 32.7. The maximum absolute atomic E-state index is 14.6. The number of hydrogen-bond acceptors (Lipinski definition) is 19. The van der Waals surface area contributed by atoms with Gasteiger partial charge in [0.25, 0.3) is 11.7 Å². The number of aryl methyl sites for hydroxylation is 1. The van der Waals surface area contributed by atoms with E-state index in [4.69, 9.17) is 38.9 Å². The molecule has 468 valence electrons. The average molecular weight is 1180 g/mol. The van der Waals surface area contributed by atoms with E-state index in [2.05, 4.69) is 20.6 Å². The van der Waals surface area contributed by atoms with Gasteiger partial charge in [0.05, 0.1) is 31.5 Å². The van der Waals surface area contributed by atoms with Gasteiger partial charge in [-0.25, -0.2) is 19.6 Å². The highest BCUT2D eigenvalue weighted by Crippen LogP contribution is 2.37. The van der Waals surface area contributed by atoms with E-state index in [-0.39, 0.29) is 81.9 Å². The molecule has 2 saturated heterocycles. The molecule has 3 amide bonds. The Labute approximate surface area is 495 Å². The Morgan fingerprint density at radius 1 is 0.857 bits per heavy atom. The molecule has 22 heteroatoms. The summed E-state index contributed by atoms with van der Waals surface area (Å²) in [5.74, 6) is -8.19. The number of esters is 1. The number of alkyl carbamates (subject to hydrolysis) is 1. The van der Waals surface area contributed by atoms with Gasteiger partial charge in [-0.1, -0.05) is 64.2 Å². The number of cyclic esters (lactones) is 1. The molecule has 5 rings (SSSR count). The average Bonchev–Trinajstić information content (AvgIpc) is 2.31. The number of piperidine rings is 1. The van der Waals surface area contributed by atoms with Crippen LogP contribution in [0.15, 0.2) is 60.0 Å². The van der Waals surface area contributed by atoms with Gasteiger partial charge in [0.2, 0.25) is 11.7 Å². The van der Waals surface area contributed by atoms with Gasteiger partial charge < -0.3 is 64.6 Å². The predicted octanol–water partition coefficient (Wildman–Crippen LogP) is 5.43. The second kappa shape index (κ2) is 33.9. The topological polar surface area (TPSA) is 304 Å². The fourth-order valence-corrected chi connectivity index (χ4v) is 11.5. The van der Waals surface area contributed by atoms with Crippen molar-refractivity contribution in [3.05, 3.63) is 71.4 Å². The van der Waals surface area contributed by atoms with Gasteiger partial charge in [-0.05, 0) is 108 Å². The van der Waals surface area contributed by atoms with Crippen molar-refractivity contribution < 1.29 is 76.9 Å². The molecule has 4 aliphatic rings. The Morgan fingerprint density at radius 3 is 2.30 bits per heavy atom. The Bertz CT molecular complexity index is 2490. The predicted molar refractivity (Wildman–Crippen MR) is 310 cm³/mol. The number of nitrogens with two attached hydrogens (primary N) is 1. The maximum atomic E-state index is 14.6. The molecule has 6 N–H and O–H groups in total. The first-order valence-corrected chi connectivity index (χ1v) is 29.8. The molecule has 0 spiro atoms. The summed E-state index contributed by atoms with van der Waals surface area (Å²) >= 11 is 0. The molecule has 1 aromatic rings. The number of aliphatic hydroxyl groups is 2. The van der Waals surface area contributed by atoms with Gasteiger partial charge in [0.15, 0.2) is 5.78 Å². The van der Waals surface area contributed by atoms with E-state index in [1.807, 2.05) is 44.2 Å². The zero-order valence-corrected chi connectivity index (χ0v) is 51.0. The molecular formula is C62H94N6O16. The van der Waals surface area contributed by atoms with Crippen LogP contribution >= 0.6 is 0 Å². The van der Waals surface area contributed by atoms with Crippen molar-refractivity contribution >= 4 is 41.2 Å². The zero-order chi connectivity index (χ0) is 61.7. The number of nitrogens with one attached hydrogen (secondary N) is 2.